The van der Waals surface area contributed by atoms with Gasteiger partial charge in [-0.15, -0.1) is 0 Å². The van der Waals surface area contributed by atoms with Gasteiger partial charge in [-0.1, -0.05) is 6.07 Å². The molecule has 0 amide bonds. The summed E-state index contributed by atoms with van der Waals surface area (Å²) in [6, 6.07) is 4.78. The van der Waals surface area contributed by atoms with Crippen molar-refractivity contribution in [3.8, 4) is 0 Å². The fourth-order valence-corrected chi connectivity index (χ4v) is 4.56. The summed E-state index contributed by atoms with van der Waals surface area (Å²) in [5.41, 5.74) is 1.12. The number of likely N-dealkylation sites (tertiary alicyclic amines) is 1. The molecule has 25 heavy (non-hydrogen) atoms. The molecule has 6 nitrogen and oxygen atoms in total. The van der Waals surface area contributed by atoms with Crippen LogP contribution < -0.4 is 10.9 Å². The molecule has 2 aliphatic heterocycles. The second-order valence-electron chi connectivity index (χ2n) is 6.72. The van der Waals surface area contributed by atoms with Crippen molar-refractivity contribution < 1.29 is 9.90 Å². The van der Waals surface area contributed by atoms with Crippen LogP contribution in [0.15, 0.2) is 23.0 Å². The Labute approximate surface area is 156 Å². The van der Waals surface area contributed by atoms with E-state index in [0.717, 1.165) is 31.0 Å². The third-order valence-corrected chi connectivity index (χ3v) is 5.99. The van der Waals surface area contributed by atoms with Gasteiger partial charge < -0.3 is 19.9 Å². The molecular formula is C17H23N3O3S2. The first kappa shape index (κ1) is 18.3. The minimum absolute atomic E-state index is 0.0596. The Kier molecular flexibility index (Phi) is 5.68. The molecule has 0 aromatic carbocycles. The van der Waals surface area contributed by atoms with E-state index in [-0.39, 0.29) is 11.5 Å². The van der Waals surface area contributed by atoms with Crippen LogP contribution in [0.1, 0.15) is 24.5 Å². The van der Waals surface area contributed by atoms with Crippen LogP contribution in [-0.2, 0) is 11.3 Å². The number of thioether (sulfide) groups is 1. The van der Waals surface area contributed by atoms with Crippen molar-refractivity contribution in [1.82, 2.24) is 14.8 Å². The number of carbonyl (C=O) groups is 1. The summed E-state index contributed by atoms with van der Waals surface area (Å²) in [5.74, 6) is 0.524. The first-order valence-corrected chi connectivity index (χ1v) is 10.3. The number of fused-ring (bicyclic) bond motifs is 4. The molecule has 3 rings (SSSR count). The quantitative estimate of drug-likeness (QED) is 0.746. The maximum Gasteiger partial charge on any atom is 0.326 e. The number of nitrogens with zero attached hydrogens (tertiary/aromatic N) is 2. The van der Waals surface area contributed by atoms with Crippen molar-refractivity contribution in [2.24, 2.45) is 5.92 Å². The third-order valence-electron chi connectivity index (χ3n) is 4.97. The van der Waals surface area contributed by atoms with Crippen molar-refractivity contribution in [3.63, 3.8) is 0 Å². The van der Waals surface area contributed by atoms with Crippen LogP contribution in [0.3, 0.4) is 0 Å². The molecule has 136 valence electrons. The van der Waals surface area contributed by atoms with Gasteiger partial charge in [0.2, 0.25) is 0 Å². The van der Waals surface area contributed by atoms with E-state index in [1.165, 1.54) is 0 Å². The van der Waals surface area contributed by atoms with E-state index in [2.05, 4.69) is 10.2 Å². The highest BCUT2D eigenvalue weighted by Crippen LogP contribution is 2.34. The van der Waals surface area contributed by atoms with Gasteiger partial charge in [0, 0.05) is 37.3 Å². The van der Waals surface area contributed by atoms with Crippen LogP contribution in [-0.4, -0.2) is 56.8 Å². The maximum atomic E-state index is 12.1. The molecule has 0 aliphatic carbocycles. The Balaban J connectivity index is 1.70. The Morgan fingerprint density at radius 2 is 2.24 bits per heavy atom. The summed E-state index contributed by atoms with van der Waals surface area (Å²) in [5, 5.41) is 12.9. The molecule has 1 saturated heterocycles. The molecule has 3 atom stereocenters. The van der Waals surface area contributed by atoms with E-state index in [0.29, 0.717) is 24.0 Å². The molecule has 1 aromatic rings. The molecule has 0 saturated carbocycles. The van der Waals surface area contributed by atoms with Gasteiger partial charge in [0.25, 0.3) is 5.56 Å². The molecule has 0 spiro atoms. The molecule has 2 aliphatic rings. The van der Waals surface area contributed by atoms with E-state index >= 15 is 0 Å². The Bertz CT molecular complexity index is 721. The van der Waals surface area contributed by atoms with E-state index in [4.69, 9.17) is 12.2 Å². The second kappa shape index (κ2) is 7.78. The van der Waals surface area contributed by atoms with E-state index < -0.39 is 12.0 Å². The number of pyridine rings is 1. The number of piperidine rings is 1. The smallest absolute Gasteiger partial charge is 0.326 e. The molecule has 1 aromatic heterocycles. The number of carboxylic acids is 1. The van der Waals surface area contributed by atoms with Gasteiger partial charge in [-0.25, -0.2) is 4.79 Å². The van der Waals surface area contributed by atoms with Gasteiger partial charge in [-0.05, 0) is 49.1 Å². The normalized spacial score (nSPS) is 22.8. The Morgan fingerprint density at radius 1 is 1.44 bits per heavy atom. The zero-order valence-electron chi connectivity index (χ0n) is 14.2. The molecule has 8 heteroatoms. The average molecular weight is 382 g/mol. The fourth-order valence-electron chi connectivity index (χ4n) is 3.80. The standard InChI is InChI=1S/C17H23N3O3S2/c1-25-6-5-13(16(22)23)18-17(24)19-8-11-7-12(10-19)14-3-2-4-15(21)20(14)9-11/h2-4,11-13H,5-10H2,1H3,(H,18,24)(H,22,23). The van der Waals surface area contributed by atoms with Gasteiger partial charge >= 0.3 is 5.97 Å². The van der Waals surface area contributed by atoms with Crippen molar-refractivity contribution in [3.05, 3.63) is 34.2 Å². The summed E-state index contributed by atoms with van der Waals surface area (Å²) in [6.07, 6.45) is 3.55. The number of thiocarbonyl (C=S) groups is 1. The van der Waals surface area contributed by atoms with Crippen molar-refractivity contribution >= 4 is 35.1 Å². The van der Waals surface area contributed by atoms with Crippen LogP contribution in [0.25, 0.3) is 0 Å². The number of hydrogen-bond acceptors (Lipinski definition) is 4. The van der Waals surface area contributed by atoms with Crippen molar-refractivity contribution in [1.29, 1.82) is 0 Å². The highest BCUT2D eigenvalue weighted by atomic mass is 32.2. The second-order valence-corrected chi connectivity index (χ2v) is 8.10. The van der Waals surface area contributed by atoms with E-state index in [1.807, 2.05) is 23.0 Å². The number of aliphatic carboxylic acids is 1. The predicted molar refractivity (Wildman–Crippen MR) is 103 cm³/mol. The van der Waals surface area contributed by atoms with Gasteiger partial charge in [0.1, 0.15) is 6.04 Å². The highest BCUT2D eigenvalue weighted by Gasteiger charge is 2.35. The monoisotopic (exact) mass is 381 g/mol. The number of rotatable bonds is 5. The molecule has 1 fully saturated rings. The molecule has 3 heterocycles. The lowest BCUT2D eigenvalue weighted by Crippen LogP contribution is -2.54. The van der Waals surface area contributed by atoms with Gasteiger partial charge in [0.15, 0.2) is 5.11 Å². The highest BCUT2D eigenvalue weighted by molar-refractivity contribution is 7.98. The minimum atomic E-state index is -0.870. The lowest BCUT2D eigenvalue weighted by molar-refractivity contribution is -0.139. The predicted octanol–water partition coefficient (Wildman–Crippen LogP) is 1.35. The number of hydrogen-bond donors (Lipinski definition) is 2. The zero-order valence-corrected chi connectivity index (χ0v) is 15.8. The fraction of sp³-hybridized carbons (Fsp3) is 0.588. The van der Waals surface area contributed by atoms with Gasteiger partial charge in [-0.3, -0.25) is 4.79 Å². The Hall–Kier alpha value is -1.54. The SMILES string of the molecule is CSCCC(NC(=S)N1CC2CC(C1)c1cccc(=O)n1C2)C(=O)O. The van der Waals surface area contributed by atoms with Crippen LogP contribution >= 0.6 is 24.0 Å². The van der Waals surface area contributed by atoms with Crippen LogP contribution in [0, 0.1) is 5.92 Å². The topological polar surface area (TPSA) is 74.6 Å². The summed E-state index contributed by atoms with van der Waals surface area (Å²) < 4.78 is 1.88. The lowest BCUT2D eigenvalue weighted by atomic mass is 9.83. The number of aromatic nitrogens is 1. The molecule has 2 N–H and O–H groups in total. The first-order chi connectivity index (χ1) is 12.0. The molecule has 2 bridgehead atoms. The third kappa shape index (κ3) is 4.00. The van der Waals surface area contributed by atoms with Gasteiger partial charge in [0.05, 0.1) is 0 Å². The Morgan fingerprint density at radius 3 is 2.96 bits per heavy atom. The van der Waals surface area contributed by atoms with E-state index in [1.54, 1.807) is 17.8 Å². The summed E-state index contributed by atoms with van der Waals surface area (Å²) in [4.78, 5) is 25.6. The van der Waals surface area contributed by atoms with Crippen molar-refractivity contribution in [2.75, 3.05) is 25.1 Å². The summed E-state index contributed by atoms with van der Waals surface area (Å²) in [6.45, 7) is 2.19. The molecule has 3 unspecified atom stereocenters. The minimum Gasteiger partial charge on any atom is -0.480 e. The van der Waals surface area contributed by atoms with Crippen LogP contribution in [0.4, 0.5) is 0 Å². The summed E-state index contributed by atoms with van der Waals surface area (Å²) >= 11 is 7.12. The van der Waals surface area contributed by atoms with Gasteiger partial charge in [-0.2, -0.15) is 11.8 Å². The number of carboxylic acid groups (broad SMARTS) is 1. The lowest BCUT2D eigenvalue weighted by Gasteiger charge is -2.44. The van der Waals surface area contributed by atoms with Crippen LogP contribution in [0.5, 0.6) is 0 Å². The largest absolute Gasteiger partial charge is 0.480 e. The van der Waals surface area contributed by atoms with Crippen molar-refractivity contribution in [2.45, 2.75) is 31.3 Å². The maximum absolute atomic E-state index is 12.1. The summed E-state index contributed by atoms with van der Waals surface area (Å²) in [7, 11) is 0. The van der Waals surface area contributed by atoms with E-state index in [9.17, 15) is 14.7 Å². The molecular weight excluding hydrogens is 358 g/mol. The van der Waals surface area contributed by atoms with Crippen LogP contribution in [0.2, 0.25) is 0 Å². The first-order valence-electron chi connectivity index (χ1n) is 8.46. The zero-order chi connectivity index (χ0) is 18.0. The molecule has 0 radical (unpaired) electrons. The average Bonchev–Trinajstić information content (AvgIpc) is 2.59. The number of nitrogens with one attached hydrogen (secondary N) is 1.